The highest BCUT2D eigenvalue weighted by Gasteiger charge is 2.16. The molecule has 0 N–H and O–H groups in total. The fourth-order valence-corrected chi connectivity index (χ4v) is 9.16. The molecule has 0 aliphatic heterocycles. The molecule has 0 fully saturated rings. The Balaban J connectivity index is 0.864. The Bertz CT molecular complexity index is 3520. The summed E-state index contributed by atoms with van der Waals surface area (Å²) in [6.07, 6.45) is 0. The summed E-state index contributed by atoms with van der Waals surface area (Å²) in [7, 11) is 0. The van der Waals surface area contributed by atoms with Crippen molar-refractivity contribution in [3.63, 3.8) is 0 Å². The quantitative estimate of drug-likeness (QED) is 0.161. The molecule has 0 saturated carbocycles. The summed E-state index contributed by atoms with van der Waals surface area (Å²) >= 11 is 0. The van der Waals surface area contributed by atoms with E-state index in [1.165, 1.54) is 54.8 Å². The van der Waals surface area contributed by atoms with Gasteiger partial charge in [0, 0.05) is 44.3 Å². The van der Waals surface area contributed by atoms with Crippen LogP contribution >= 0.6 is 0 Å². The Morgan fingerprint density at radius 3 is 1.44 bits per heavy atom. The molecule has 61 heavy (non-hydrogen) atoms. The monoisotopic (exact) mass is 778 g/mol. The molecule has 3 heteroatoms. The van der Waals surface area contributed by atoms with Gasteiger partial charge in [-0.1, -0.05) is 146 Å². The van der Waals surface area contributed by atoms with Crippen LogP contribution in [0.5, 0.6) is 0 Å². The van der Waals surface area contributed by atoms with Crippen molar-refractivity contribution in [2.24, 2.45) is 0 Å². The first-order chi connectivity index (χ1) is 30.2. The van der Waals surface area contributed by atoms with Gasteiger partial charge in [-0.05, 0) is 129 Å². The molecule has 0 aliphatic carbocycles. The van der Waals surface area contributed by atoms with E-state index in [0.717, 1.165) is 55.8 Å². The molecule has 12 aromatic rings. The fourth-order valence-electron chi connectivity index (χ4n) is 9.16. The fraction of sp³-hybridized carbons (Fsp3) is 0. The van der Waals surface area contributed by atoms with E-state index in [0.29, 0.717) is 0 Å². The minimum atomic E-state index is 0.902. The third-order valence-electron chi connectivity index (χ3n) is 12.2. The molecule has 0 bridgehead atoms. The van der Waals surface area contributed by atoms with Crippen molar-refractivity contribution in [2.75, 3.05) is 4.90 Å². The Hall–Kier alpha value is -8.14. The van der Waals surface area contributed by atoms with Crippen molar-refractivity contribution in [2.45, 2.75) is 0 Å². The van der Waals surface area contributed by atoms with Gasteiger partial charge in [0.2, 0.25) is 0 Å². The van der Waals surface area contributed by atoms with Crippen molar-refractivity contribution >= 4 is 71.6 Å². The van der Waals surface area contributed by atoms with Crippen LogP contribution in [0.2, 0.25) is 0 Å². The van der Waals surface area contributed by atoms with Crippen molar-refractivity contribution in [3.05, 3.63) is 231 Å². The molecule has 2 aromatic heterocycles. The summed E-state index contributed by atoms with van der Waals surface area (Å²) in [4.78, 5) is 2.34. The normalized spacial score (nSPS) is 11.6. The number of rotatable bonds is 7. The topological polar surface area (TPSA) is 21.3 Å². The lowest BCUT2D eigenvalue weighted by Gasteiger charge is -2.26. The molecule has 0 atom stereocenters. The Morgan fingerprint density at radius 2 is 0.787 bits per heavy atom. The molecule has 286 valence electrons. The van der Waals surface area contributed by atoms with Crippen LogP contribution in [-0.4, -0.2) is 4.57 Å². The predicted molar refractivity (Wildman–Crippen MR) is 257 cm³/mol. The maximum Gasteiger partial charge on any atom is 0.136 e. The number of furan rings is 1. The number of benzene rings is 10. The maximum absolute atomic E-state index is 6.23. The number of para-hydroxylation sites is 3. The Labute approximate surface area is 353 Å². The molecule has 12 rings (SSSR count). The van der Waals surface area contributed by atoms with Crippen LogP contribution < -0.4 is 4.90 Å². The lowest BCUT2D eigenvalue weighted by Crippen LogP contribution is -2.09. The van der Waals surface area contributed by atoms with E-state index in [-0.39, 0.29) is 0 Å². The minimum Gasteiger partial charge on any atom is -0.456 e. The molecule has 0 aliphatic rings. The van der Waals surface area contributed by atoms with Gasteiger partial charge in [-0.15, -0.1) is 0 Å². The van der Waals surface area contributed by atoms with E-state index < -0.39 is 0 Å². The largest absolute Gasteiger partial charge is 0.456 e. The summed E-state index contributed by atoms with van der Waals surface area (Å²) in [5, 5.41) is 7.25. The van der Waals surface area contributed by atoms with Crippen LogP contribution in [0, 0.1) is 0 Å². The van der Waals surface area contributed by atoms with Gasteiger partial charge < -0.3 is 13.9 Å². The van der Waals surface area contributed by atoms with Gasteiger partial charge in [0.15, 0.2) is 0 Å². The molecule has 0 saturated heterocycles. The maximum atomic E-state index is 6.23. The van der Waals surface area contributed by atoms with Gasteiger partial charge in [-0.2, -0.15) is 0 Å². The average molecular weight is 779 g/mol. The number of nitrogens with zero attached hydrogens (tertiary/aromatic N) is 2. The second-order valence-corrected chi connectivity index (χ2v) is 15.8. The molecule has 3 nitrogen and oxygen atoms in total. The van der Waals surface area contributed by atoms with Gasteiger partial charge >= 0.3 is 0 Å². The summed E-state index contributed by atoms with van der Waals surface area (Å²) in [6.45, 7) is 0. The molecule has 0 amide bonds. The zero-order valence-electron chi connectivity index (χ0n) is 33.2. The van der Waals surface area contributed by atoms with E-state index in [9.17, 15) is 0 Å². The summed E-state index contributed by atoms with van der Waals surface area (Å²) < 4.78 is 8.60. The van der Waals surface area contributed by atoms with E-state index in [1.807, 2.05) is 12.1 Å². The lowest BCUT2D eigenvalue weighted by molar-refractivity contribution is 0.669. The molecule has 10 aromatic carbocycles. The van der Waals surface area contributed by atoms with E-state index in [4.69, 9.17) is 4.42 Å². The van der Waals surface area contributed by atoms with Gasteiger partial charge in [-0.25, -0.2) is 0 Å². The zero-order chi connectivity index (χ0) is 40.3. The minimum absolute atomic E-state index is 0.902. The number of aromatic nitrogens is 1. The first-order valence-corrected chi connectivity index (χ1v) is 20.8. The average Bonchev–Trinajstić information content (AvgIpc) is 3.88. The van der Waals surface area contributed by atoms with Crippen molar-refractivity contribution < 1.29 is 4.42 Å². The smallest absolute Gasteiger partial charge is 0.136 e. The highest BCUT2D eigenvalue weighted by atomic mass is 16.3. The second kappa shape index (κ2) is 14.3. The van der Waals surface area contributed by atoms with Gasteiger partial charge in [0.05, 0.1) is 11.0 Å². The number of hydrogen-bond donors (Lipinski definition) is 0. The number of anilines is 3. The van der Waals surface area contributed by atoms with E-state index in [1.54, 1.807) is 0 Å². The molecular formula is C58H38N2O. The van der Waals surface area contributed by atoms with Crippen LogP contribution in [-0.2, 0) is 0 Å². The van der Waals surface area contributed by atoms with E-state index >= 15 is 0 Å². The third kappa shape index (κ3) is 6.06. The van der Waals surface area contributed by atoms with Gasteiger partial charge in [0.25, 0.3) is 0 Å². The Kier molecular flexibility index (Phi) is 8.17. The van der Waals surface area contributed by atoms with E-state index in [2.05, 4.69) is 228 Å². The van der Waals surface area contributed by atoms with Gasteiger partial charge in [-0.3, -0.25) is 0 Å². The summed E-state index contributed by atoms with van der Waals surface area (Å²) in [6, 6.07) is 83.0. The Morgan fingerprint density at radius 1 is 0.295 bits per heavy atom. The van der Waals surface area contributed by atoms with Crippen LogP contribution in [0.25, 0.3) is 93.6 Å². The molecule has 0 unspecified atom stereocenters. The molecule has 2 heterocycles. The highest BCUT2D eigenvalue weighted by molar-refractivity contribution is 6.09. The summed E-state index contributed by atoms with van der Waals surface area (Å²) in [5.74, 6) is 0. The lowest BCUT2D eigenvalue weighted by atomic mass is 9.98. The van der Waals surface area contributed by atoms with Crippen molar-refractivity contribution in [1.29, 1.82) is 0 Å². The SMILES string of the molecule is c1cc(-c2ccc(N(c3ccc(-c4ccc5c(c4)oc4ccccc45)cc3)c3ccc4ccccc4c3)cc2)cc(-c2ccc(-n3c4ccccc4c4ccccc43)cc2)c1. The predicted octanol–water partition coefficient (Wildman–Crippen LogP) is 16.3. The first kappa shape index (κ1) is 34.9. The highest BCUT2D eigenvalue weighted by Crippen LogP contribution is 2.40. The summed E-state index contributed by atoms with van der Waals surface area (Å²) in [5.41, 5.74) is 15.7. The number of fused-ring (bicyclic) bond motifs is 7. The van der Waals surface area contributed by atoms with Gasteiger partial charge in [0.1, 0.15) is 11.2 Å². The molecular weight excluding hydrogens is 741 g/mol. The molecule has 0 spiro atoms. The number of hydrogen-bond acceptors (Lipinski definition) is 2. The van der Waals surface area contributed by atoms with Crippen molar-refractivity contribution in [1.82, 2.24) is 4.57 Å². The molecule has 0 radical (unpaired) electrons. The standard InChI is InChI=1S/C58H38N2O/c1-2-11-45-37-50(34-26-39(45)10-1)59(48-30-22-42(23-31-48)46-27-35-54-53-16-5-8-19-57(53)61-58(54)38-46)47-28-20-40(21-29-47)43-12-9-13-44(36-43)41-24-32-49(33-25-41)60-55-17-6-3-14-51(55)52-15-4-7-18-56(52)60/h1-38H. The second-order valence-electron chi connectivity index (χ2n) is 15.8. The van der Waals surface area contributed by atoms with Crippen LogP contribution in [0.3, 0.4) is 0 Å². The van der Waals surface area contributed by atoms with Crippen molar-refractivity contribution in [3.8, 4) is 39.1 Å². The third-order valence-corrected chi connectivity index (χ3v) is 12.2. The van der Waals surface area contributed by atoms with Crippen LogP contribution in [0.4, 0.5) is 17.1 Å². The van der Waals surface area contributed by atoms with Crippen LogP contribution in [0.15, 0.2) is 235 Å². The first-order valence-electron chi connectivity index (χ1n) is 20.8. The zero-order valence-corrected chi connectivity index (χ0v) is 33.2. The van der Waals surface area contributed by atoms with Crippen LogP contribution in [0.1, 0.15) is 0 Å².